The molecule has 1 aliphatic heterocycles. The molecule has 2 N–H and O–H groups in total. The molecule has 0 amide bonds. The number of fused-ring (bicyclic) bond motifs is 1. The molecule has 0 atom stereocenters. The molecule has 2 aromatic heterocycles. The van der Waals surface area contributed by atoms with Crippen molar-refractivity contribution in [1.82, 2.24) is 19.4 Å². The van der Waals surface area contributed by atoms with E-state index in [1.807, 2.05) is 32.0 Å². The van der Waals surface area contributed by atoms with Gasteiger partial charge in [0, 0.05) is 24.3 Å². The maximum atomic E-state index is 6.36. The number of anilines is 1. The highest BCUT2D eigenvalue weighted by molar-refractivity contribution is 7.47. The SMILES string of the molecule is CCOP(COc1cccc(-c2cn(C3CC(CN4CCC4)C3)c3ncnc(N)c23)c1)OCC. The van der Waals surface area contributed by atoms with Crippen molar-refractivity contribution in [2.45, 2.75) is 39.2 Å². The Labute approximate surface area is 202 Å². The van der Waals surface area contributed by atoms with Gasteiger partial charge in [-0.15, -0.1) is 0 Å². The van der Waals surface area contributed by atoms with Gasteiger partial charge in [0.2, 0.25) is 8.38 Å². The molecule has 1 aliphatic carbocycles. The first-order valence-corrected chi connectivity index (χ1v) is 13.6. The van der Waals surface area contributed by atoms with E-state index in [4.69, 9.17) is 19.5 Å². The molecule has 1 saturated carbocycles. The Morgan fingerprint density at radius 1 is 1.12 bits per heavy atom. The summed E-state index contributed by atoms with van der Waals surface area (Å²) >= 11 is 0. The molecule has 0 bridgehead atoms. The molecule has 182 valence electrons. The van der Waals surface area contributed by atoms with Crippen LogP contribution in [-0.2, 0) is 9.05 Å². The molecule has 34 heavy (non-hydrogen) atoms. The molecule has 0 unspecified atom stereocenters. The van der Waals surface area contributed by atoms with E-state index >= 15 is 0 Å². The molecule has 0 spiro atoms. The lowest BCUT2D eigenvalue weighted by Gasteiger charge is -2.42. The lowest BCUT2D eigenvalue weighted by molar-refractivity contribution is 0.0921. The molecule has 1 aromatic carbocycles. The van der Waals surface area contributed by atoms with Crippen LogP contribution in [0.3, 0.4) is 0 Å². The number of rotatable bonds is 11. The van der Waals surface area contributed by atoms with E-state index in [1.54, 1.807) is 6.33 Å². The Morgan fingerprint density at radius 3 is 2.62 bits per heavy atom. The Bertz CT molecular complexity index is 1110. The van der Waals surface area contributed by atoms with Crippen molar-refractivity contribution >= 4 is 25.2 Å². The third kappa shape index (κ3) is 4.91. The molecule has 3 aromatic rings. The number of benzene rings is 1. The van der Waals surface area contributed by atoms with Gasteiger partial charge in [-0.05, 0) is 69.8 Å². The van der Waals surface area contributed by atoms with E-state index in [-0.39, 0.29) is 0 Å². The summed E-state index contributed by atoms with van der Waals surface area (Å²) < 4.78 is 19.7. The van der Waals surface area contributed by atoms with Gasteiger partial charge in [-0.3, -0.25) is 0 Å². The van der Waals surface area contributed by atoms with Crippen molar-refractivity contribution in [2.24, 2.45) is 5.92 Å². The van der Waals surface area contributed by atoms with Gasteiger partial charge in [0.05, 0.1) is 18.6 Å². The number of nitrogens with zero attached hydrogens (tertiary/aromatic N) is 4. The van der Waals surface area contributed by atoms with E-state index in [1.165, 1.54) is 38.9 Å². The average molecular weight is 484 g/mol. The molecule has 5 rings (SSSR count). The normalized spacial score (nSPS) is 20.4. The summed E-state index contributed by atoms with van der Waals surface area (Å²) in [6, 6.07) is 8.55. The number of hydrogen-bond acceptors (Lipinski definition) is 7. The largest absolute Gasteiger partial charge is 0.484 e. The van der Waals surface area contributed by atoms with E-state index in [2.05, 4.69) is 31.7 Å². The van der Waals surface area contributed by atoms with E-state index < -0.39 is 8.38 Å². The summed E-state index contributed by atoms with van der Waals surface area (Å²) in [5.41, 5.74) is 9.35. The van der Waals surface area contributed by atoms with Crippen LogP contribution in [0.5, 0.6) is 5.75 Å². The van der Waals surface area contributed by atoms with Crippen LogP contribution >= 0.6 is 8.38 Å². The summed E-state index contributed by atoms with van der Waals surface area (Å²) in [5.74, 6) is 2.06. The second kappa shape index (κ2) is 10.6. The number of nitrogens with two attached hydrogens (primary N) is 1. The number of ether oxygens (including phenoxy) is 1. The van der Waals surface area contributed by atoms with E-state index in [0.717, 1.165) is 33.8 Å². The quantitative estimate of drug-likeness (QED) is 0.382. The summed E-state index contributed by atoms with van der Waals surface area (Å²) in [4.78, 5) is 11.5. The zero-order valence-electron chi connectivity index (χ0n) is 20.0. The van der Waals surface area contributed by atoms with E-state index in [9.17, 15) is 0 Å². The van der Waals surface area contributed by atoms with E-state index in [0.29, 0.717) is 31.4 Å². The molecular formula is C25H34N5O3P. The molecule has 2 fully saturated rings. The smallest absolute Gasteiger partial charge is 0.211 e. The van der Waals surface area contributed by atoms with Crippen LogP contribution in [0.25, 0.3) is 22.2 Å². The molecular weight excluding hydrogens is 449 g/mol. The van der Waals surface area contributed by atoms with Crippen LogP contribution in [0.1, 0.15) is 39.2 Å². The highest BCUT2D eigenvalue weighted by Gasteiger charge is 2.34. The first-order chi connectivity index (χ1) is 16.7. The lowest BCUT2D eigenvalue weighted by Crippen LogP contribution is -2.43. The van der Waals surface area contributed by atoms with Crippen LogP contribution in [0, 0.1) is 5.92 Å². The molecule has 3 heterocycles. The molecule has 2 aliphatic rings. The predicted octanol–water partition coefficient (Wildman–Crippen LogP) is 5.06. The summed E-state index contributed by atoms with van der Waals surface area (Å²) in [6.07, 6.45) is 7.88. The molecule has 0 radical (unpaired) electrons. The van der Waals surface area contributed by atoms with Crippen molar-refractivity contribution in [3.63, 3.8) is 0 Å². The minimum absolute atomic E-state index is 0.397. The first kappa shape index (κ1) is 23.5. The zero-order chi connectivity index (χ0) is 23.5. The maximum absolute atomic E-state index is 6.36. The Morgan fingerprint density at radius 2 is 1.91 bits per heavy atom. The fourth-order valence-electron chi connectivity index (χ4n) is 4.89. The minimum Gasteiger partial charge on any atom is -0.484 e. The summed E-state index contributed by atoms with van der Waals surface area (Å²) in [5, 5.41) is 0.914. The first-order valence-electron chi connectivity index (χ1n) is 12.3. The van der Waals surface area contributed by atoms with Gasteiger partial charge < -0.3 is 29.0 Å². The van der Waals surface area contributed by atoms with Gasteiger partial charge in [-0.1, -0.05) is 12.1 Å². The Balaban J connectivity index is 1.37. The highest BCUT2D eigenvalue weighted by atomic mass is 31.2. The van der Waals surface area contributed by atoms with Gasteiger partial charge in [0.25, 0.3) is 0 Å². The van der Waals surface area contributed by atoms with Crippen molar-refractivity contribution in [3.05, 3.63) is 36.8 Å². The predicted molar refractivity (Wildman–Crippen MR) is 136 cm³/mol. The third-order valence-electron chi connectivity index (χ3n) is 6.74. The fraction of sp³-hybridized carbons (Fsp3) is 0.520. The molecule has 1 saturated heterocycles. The zero-order valence-corrected chi connectivity index (χ0v) is 20.9. The average Bonchev–Trinajstić information content (AvgIpc) is 3.16. The standard InChI is InChI=1S/C25H34N5O3P/c1-3-32-34(33-4-2)17-31-21-8-5-7-19(13-21)22-15-30(25-23(22)24(26)27-16-28-25)20-11-18(12-20)14-29-9-6-10-29/h5,7-8,13,15-16,18,20H,3-4,6,9-12,14,17H2,1-2H3,(H2,26,27,28). The van der Waals surface area contributed by atoms with Crippen LogP contribution in [-0.4, -0.2) is 58.6 Å². The maximum Gasteiger partial charge on any atom is 0.211 e. The number of nitrogen functional groups attached to an aromatic ring is 1. The molecule has 8 nitrogen and oxygen atoms in total. The fourth-order valence-corrected chi connectivity index (χ4v) is 5.95. The van der Waals surface area contributed by atoms with Gasteiger partial charge in [0.1, 0.15) is 23.5 Å². The van der Waals surface area contributed by atoms with Gasteiger partial charge >= 0.3 is 0 Å². The van der Waals surface area contributed by atoms with Crippen molar-refractivity contribution in [3.8, 4) is 16.9 Å². The van der Waals surface area contributed by atoms with Crippen molar-refractivity contribution in [2.75, 3.05) is 44.9 Å². The second-order valence-electron chi connectivity index (χ2n) is 9.02. The highest BCUT2D eigenvalue weighted by Crippen LogP contribution is 2.44. The lowest BCUT2D eigenvalue weighted by atomic mass is 9.79. The van der Waals surface area contributed by atoms with Crippen LogP contribution < -0.4 is 10.5 Å². The van der Waals surface area contributed by atoms with Gasteiger partial charge in [-0.2, -0.15) is 0 Å². The molecule has 9 heteroatoms. The number of aromatic nitrogens is 3. The van der Waals surface area contributed by atoms with Gasteiger partial charge in [-0.25, -0.2) is 9.97 Å². The number of hydrogen-bond donors (Lipinski definition) is 1. The van der Waals surface area contributed by atoms with Gasteiger partial charge in [0.15, 0.2) is 6.35 Å². The van der Waals surface area contributed by atoms with Crippen molar-refractivity contribution in [1.29, 1.82) is 0 Å². The van der Waals surface area contributed by atoms with Crippen LogP contribution in [0.15, 0.2) is 36.8 Å². The minimum atomic E-state index is -1.06. The Hall–Kier alpha value is -2.25. The Kier molecular flexibility index (Phi) is 7.30. The summed E-state index contributed by atoms with van der Waals surface area (Å²) in [6.45, 7) is 8.89. The number of likely N-dealkylation sites (tertiary alicyclic amines) is 1. The second-order valence-corrected chi connectivity index (χ2v) is 10.5. The van der Waals surface area contributed by atoms with Crippen LogP contribution in [0.2, 0.25) is 0 Å². The van der Waals surface area contributed by atoms with Crippen molar-refractivity contribution < 1.29 is 13.8 Å². The third-order valence-corrected chi connectivity index (χ3v) is 8.17. The monoisotopic (exact) mass is 483 g/mol. The summed E-state index contributed by atoms with van der Waals surface area (Å²) in [7, 11) is -1.06. The topological polar surface area (TPSA) is 87.7 Å². The van der Waals surface area contributed by atoms with Crippen LogP contribution in [0.4, 0.5) is 5.82 Å².